The van der Waals surface area contributed by atoms with Crippen LogP contribution in [0.4, 0.5) is 13.2 Å². The molecular weight excluding hydrogens is 279 g/mol. The van der Waals surface area contributed by atoms with Crippen molar-refractivity contribution >= 4 is 5.97 Å². The first-order valence-corrected chi connectivity index (χ1v) is 6.17. The third-order valence-corrected chi connectivity index (χ3v) is 2.34. The lowest BCUT2D eigenvalue weighted by atomic mass is 10.3. The summed E-state index contributed by atoms with van der Waals surface area (Å²) in [5.41, 5.74) is -2.00. The Balaban J connectivity index is 2.92. The van der Waals surface area contributed by atoms with Crippen molar-refractivity contribution in [3.05, 3.63) is 11.4 Å². The van der Waals surface area contributed by atoms with Crippen LogP contribution >= 0.6 is 0 Å². The summed E-state index contributed by atoms with van der Waals surface area (Å²) in [6, 6.07) is 0. The number of aromatic nitrogens is 3. The molecule has 0 bridgehead atoms. The first-order chi connectivity index (χ1) is 9.41. The van der Waals surface area contributed by atoms with Gasteiger partial charge in [-0.3, -0.25) is 0 Å². The molecular formula is C11H16F3N3O3. The standard InChI is InChI=1S/C11H16F3N3O3/c1-3-19-7-5-6-17-9(11(12,13)14)8(15-16-17)10(18)20-4-2/h3-7H2,1-2H3. The second-order valence-electron chi connectivity index (χ2n) is 3.78. The molecule has 9 heteroatoms. The van der Waals surface area contributed by atoms with Gasteiger partial charge < -0.3 is 9.47 Å². The van der Waals surface area contributed by atoms with Crippen LogP contribution < -0.4 is 0 Å². The molecule has 6 nitrogen and oxygen atoms in total. The molecule has 0 fully saturated rings. The summed E-state index contributed by atoms with van der Waals surface area (Å²) in [4.78, 5) is 11.4. The number of alkyl halides is 3. The third kappa shape index (κ3) is 4.19. The van der Waals surface area contributed by atoms with Gasteiger partial charge in [0.15, 0.2) is 5.69 Å². The number of esters is 1. The van der Waals surface area contributed by atoms with Crippen molar-refractivity contribution in [2.24, 2.45) is 0 Å². The van der Waals surface area contributed by atoms with Crippen LogP contribution in [0.15, 0.2) is 0 Å². The van der Waals surface area contributed by atoms with E-state index < -0.39 is 23.5 Å². The van der Waals surface area contributed by atoms with Crippen molar-refractivity contribution < 1.29 is 27.4 Å². The minimum absolute atomic E-state index is 0.0344. The maximum Gasteiger partial charge on any atom is 0.435 e. The largest absolute Gasteiger partial charge is 0.461 e. The van der Waals surface area contributed by atoms with Crippen LogP contribution in [0.25, 0.3) is 0 Å². The fourth-order valence-corrected chi connectivity index (χ4v) is 1.55. The zero-order valence-corrected chi connectivity index (χ0v) is 11.2. The maximum atomic E-state index is 13.0. The van der Waals surface area contributed by atoms with Crippen molar-refractivity contribution in [3.8, 4) is 0 Å². The Morgan fingerprint density at radius 2 is 2.00 bits per heavy atom. The molecule has 0 aliphatic heterocycles. The number of carbonyl (C=O) groups excluding carboxylic acids is 1. The summed E-state index contributed by atoms with van der Waals surface area (Å²) in [5, 5.41) is 6.65. The zero-order chi connectivity index (χ0) is 15.2. The van der Waals surface area contributed by atoms with Crippen LogP contribution in [0.1, 0.15) is 36.5 Å². The van der Waals surface area contributed by atoms with Gasteiger partial charge >= 0.3 is 12.1 Å². The molecule has 1 aromatic heterocycles. The molecule has 0 atom stereocenters. The molecule has 1 rings (SSSR count). The minimum atomic E-state index is -4.72. The number of carbonyl (C=O) groups is 1. The predicted molar refractivity (Wildman–Crippen MR) is 62.1 cm³/mol. The van der Waals surface area contributed by atoms with Gasteiger partial charge in [-0.25, -0.2) is 9.48 Å². The summed E-state index contributed by atoms with van der Waals surface area (Å²) in [6.07, 6.45) is -4.39. The lowest BCUT2D eigenvalue weighted by molar-refractivity contribution is -0.144. The van der Waals surface area contributed by atoms with Crippen molar-refractivity contribution in [2.75, 3.05) is 19.8 Å². The molecule has 0 N–H and O–H groups in total. The first-order valence-electron chi connectivity index (χ1n) is 6.17. The van der Waals surface area contributed by atoms with Crippen molar-refractivity contribution in [1.29, 1.82) is 0 Å². The molecule has 0 radical (unpaired) electrons. The molecule has 1 aromatic rings. The molecule has 0 saturated carbocycles. The van der Waals surface area contributed by atoms with E-state index in [2.05, 4.69) is 15.0 Å². The van der Waals surface area contributed by atoms with E-state index in [1.165, 1.54) is 6.92 Å². The van der Waals surface area contributed by atoms with E-state index in [-0.39, 0.29) is 13.2 Å². The Morgan fingerprint density at radius 1 is 1.30 bits per heavy atom. The quantitative estimate of drug-likeness (QED) is 0.568. The number of hydrogen-bond donors (Lipinski definition) is 0. The predicted octanol–water partition coefficient (Wildman–Crippen LogP) is 1.90. The van der Waals surface area contributed by atoms with Crippen LogP contribution in [0.2, 0.25) is 0 Å². The van der Waals surface area contributed by atoms with Gasteiger partial charge in [-0.15, -0.1) is 5.10 Å². The average molecular weight is 295 g/mol. The first kappa shape index (κ1) is 16.4. The normalized spacial score (nSPS) is 11.7. The van der Waals surface area contributed by atoms with Crippen molar-refractivity contribution in [1.82, 2.24) is 15.0 Å². The fraction of sp³-hybridized carbons (Fsp3) is 0.727. The van der Waals surface area contributed by atoms with Crippen LogP contribution in [0.3, 0.4) is 0 Å². The minimum Gasteiger partial charge on any atom is -0.461 e. The van der Waals surface area contributed by atoms with Crippen LogP contribution in [0, 0.1) is 0 Å². The average Bonchev–Trinajstić information content (AvgIpc) is 2.79. The molecule has 114 valence electrons. The summed E-state index contributed by atoms with van der Waals surface area (Å²) in [6.45, 7) is 4.00. The van der Waals surface area contributed by atoms with Gasteiger partial charge in [0.2, 0.25) is 5.69 Å². The molecule has 0 aromatic carbocycles. The highest BCUT2D eigenvalue weighted by Gasteiger charge is 2.41. The number of nitrogens with zero attached hydrogens (tertiary/aromatic N) is 3. The molecule has 20 heavy (non-hydrogen) atoms. The molecule has 0 saturated heterocycles. The van der Waals surface area contributed by atoms with Gasteiger partial charge in [0.25, 0.3) is 0 Å². The summed E-state index contributed by atoms with van der Waals surface area (Å²) < 4.78 is 49.2. The number of aryl methyl sites for hydroxylation is 1. The second kappa shape index (κ2) is 7.22. The molecule has 0 unspecified atom stereocenters. The molecule has 0 amide bonds. The number of ether oxygens (including phenoxy) is 2. The van der Waals surface area contributed by atoms with Gasteiger partial charge in [0.05, 0.1) is 6.61 Å². The van der Waals surface area contributed by atoms with E-state index in [1.807, 2.05) is 0 Å². The van der Waals surface area contributed by atoms with Gasteiger partial charge in [0, 0.05) is 19.8 Å². The highest BCUT2D eigenvalue weighted by Crippen LogP contribution is 2.31. The number of hydrogen-bond acceptors (Lipinski definition) is 5. The third-order valence-electron chi connectivity index (χ3n) is 2.34. The van der Waals surface area contributed by atoms with Crippen LogP contribution in [-0.2, 0) is 22.2 Å². The van der Waals surface area contributed by atoms with Crippen molar-refractivity contribution in [2.45, 2.75) is 33.0 Å². The Morgan fingerprint density at radius 3 is 2.55 bits per heavy atom. The van der Waals surface area contributed by atoms with Crippen molar-refractivity contribution in [3.63, 3.8) is 0 Å². The van der Waals surface area contributed by atoms with E-state index >= 15 is 0 Å². The second-order valence-corrected chi connectivity index (χ2v) is 3.78. The van der Waals surface area contributed by atoms with Gasteiger partial charge in [0.1, 0.15) is 0 Å². The smallest absolute Gasteiger partial charge is 0.435 e. The number of halogens is 3. The van der Waals surface area contributed by atoms with Crippen LogP contribution in [0.5, 0.6) is 0 Å². The number of rotatable bonds is 7. The molecule has 0 aliphatic carbocycles. The lowest BCUT2D eigenvalue weighted by Crippen LogP contribution is -2.20. The Hall–Kier alpha value is -1.64. The highest BCUT2D eigenvalue weighted by molar-refractivity contribution is 5.88. The summed E-state index contributed by atoms with van der Waals surface area (Å²) in [5.74, 6) is -1.13. The maximum absolute atomic E-state index is 13.0. The highest BCUT2D eigenvalue weighted by atomic mass is 19.4. The summed E-state index contributed by atoms with van der Waals surface area (Å²) in [7, 11) is 0. The fourth-order valence-electron chi connectivity index (χ4n) is 1.55. The van der Waals surface area contributed by atoms with E-state index in [9.17, 15) is 18.0 Å². The molecule has 0 aliphatic rings. The molecule has 1 heterocycles. The van der Waals surface area contributed by atoms with E-state index in [1.54, 1.807) is 6.92 Å². The Kier molecular flexibility index (Phi) is 5.93. The van der Waals surface area contributed by atoms with Gasteiger partial charge in [-0.05, 0) is 20.3 Å². The Bertz CT molecular complexity index is 446. The van der Waals surface area contributed by atoms with Gasteiger partial charge in [-0.2, -0.15) is 13.2 Å². The van der Waals surface area contributed by atoms with Gasteiger partial charge in [-0.1, -0.05) is 5.21 Å². The van der Waals surface area contributed by atoms with E-state index in [4.69, 9.17) is 4.74 Å². The SMILES string of the molecule is CCOCCCn1nnc(C(=O)OCC)c1C(F)(F)F. The van der Waals surface area contributed by atoms with E-state index in [0.717, 1.165) is 0 Å². The summed E-state index contributed by atoms with van der Waals surface area (Å²) >= 11 is 0. The monoisotopic (exact) mass is 295 g/mol. The van der Waals surface area contributed by atoms with E-state index in [0.29, 0.717) is 24.3 Å². The Labute approximate surface area is 113 Å². The van der Waals surface area contributed by atoms with Crippen LogP contribution in [-0.4, -0.2) is 40.8 Å². The molecule has 0 spiro atoms. The zero-order valence-electron chi connectivity index (χ0n) is 11.2. The topological polar surface area (TPSA) is 66.2 Å². The lowest BCUT2D eigenvalue weighted by Gasteiger charge is -2.10.